The van der Waals surface area contributed by atoms with Crippen molar-refractivity contribution >= 4 is 11.7 Å². The third-order valence-corrected chi connectivity index (χ3v) is 3.88. The lowest BCUT2D eigenvalue weighted by Gasteiger charge is -2.28. The van der Waals surface area contributed by atoms with E-state index in [4.69, 9.17) is 4.74 Å². The van der Waals surface area contributed by atoms with E-state index in [1.165, 1.54) is 0 Å². The third kappa shape index (κ3) is 4.97. The summed E-state index contributed by atoms with van der Waals surface area (Å²) in [6.45, 7) is 5.81. The van der Waals surface area contributed by atoms with Gasteiger partial charge in [0.2, 0.25) is 0 Å². The highest BCUT2D eigenvalue weighted by molar-refractivity contribution is 5.90. The molecule has 2 N–H and O–H groups in total. The first-order chi connectivity index (χ1) is 11.9. The lowest BCUT2D eigenvalue weighted by Crippen LogP contribution is -2.43. The highest BCUT2D eigenvalue weighted by Crippen LogP contribution is 2.31. The lowest BCUT2D eigenvalue weighted by atomic mass is 10.0. The second-order valence-corrected chi connectivity index (χ2v) is 6.31. The average molecular weight is 342 g/mol. The largest absolute Gasteiger partial charge is 0.496 e. The summed E-state index contributed by atoms with van der Waals surface area (Å²) in [6.07, 6.45) is -0.576. The molecule has 2 amide bonds. The van der Waals surface area contributed by atoms with Crippen LogP contribution in [-0.2, 0) is 0 Å². The number of amides is 2. The molecular formula is C20H26N2O3. The number of anilines is 1. The highest BCUT2D eigenvalue weighted by atomic mass is 16.5. The van der Waals surface area contributed by atoms with Crippen LogP contribution in [0.15, 0.2) is 48.5 Å². The number of hydrogen-bond donors (Lipinski definition) is 2. The molecule has 2 aromatic carbocycles. The normalized spacial score (nSPS) is 11.9. The van der Waals surface area contributed by atoms with Gasteiger partial charge in [-0.25, -0.2) is 4.79 Å². The van der Waals surface area contributed by atoms with Crippen molar-refractivity contribution in [3.63, 3.8) is 0 Å². The molecule has 0 radical (unpaired) electrons. The number of aliphatic hydroxyl groups excluding tert-OH is 1. The van der Waals surface area contributed by atoms with Crippen LogP contribution in [0, 0.1) is 0 Å². The molecule has 0 saturated heterocycles. The maximum atomic E-state index is 12.5. The summed E-state index contributed by atoms with van der Waals surface area (Å²) in [5.74, 6) is 0.781. The number of hydrogen-bond acceptors (Lipinski definition) is 3. The Labute approximate surface area is 149 Å². The smallest absolute Gasteiger partial charge is 0.322 e. The Bertz CT molecular complexity index is 714. The molecular weight excluding hydrogens is 316 g/mol. The standard InChI is InChI=1S/C20H26N2O3/c1-14(2)22(13-15(3)23)20(24)21-17-9-7-8-16(12-17)18-10-5-6-11-19(18)25-4/h5-12,14-15,23H,13H2,1-4H3,(H,21,24). The minimum Gasteiger partial charge on any atom is -0.496 e. The maximum Gasteiger partial charge on any atom is 0.322 e. The monoisotopic (exact) mass is 342 g/mol. The number of ether oxygens (including phenoxy) is 1. The van der Waals surface area contributed by atoms with Crippen molar-refractivity contribution in [3.8, 4) is 16.9 Å². The Balaban J connectivity index is 2.22. The topological polar surface area (TPSA) is 61.8 Å². The lowest BCUT2D eigenvalue weighted by molar-refractivity contribution is 0.125. The van der Waals surface area contributed by atoms with Crippen molar-refractivity contribution in [2.75, 3.05) is 19.0 Å². The number of urea groups is 1. The predicted molar refractivity (Wildman–Crippen MR) is 101 cm³/mol. The Hall–Kier alpha value is -2.53. The van der Waals surface area contributed by atoms with E-state index in [1.807, 2.05) is 62.4 Å². The molecule has 25 heavy (non-hydrogen) atoms. The summed E-state index contributed by atoms with van der Waals surface area (Å²) in [7, 11) is 1.64. The number of carbonyl (C=O) groups is 1. The zero-order chi connectivity index (χ0) is 18.4. The first-order valence-corrected chi connectivity index (χ1v) is 8.41. The zero-order valence-electron chi connectivity index (χ0n) is 15.2. The summed E-state index contributed by atoms with van der Waals surface area (Å²) >= 11 is 0. The van der Waals surface area contributed by atoms with Crippen LogP contribution in [0.2, 0.25) is 0 Å². The van der Waals surface area contributed by atoms with Crippen LogP contribution in [0.25, 0.3) is 11.1 Å². The first-order valence-electron chi connectivity index (χ1n) is 8.41. The first kappa shape index (κ1) is 18.8. The molecule has 0 aliphatic carbocycles. The van der Waals surface area contributed by atoms with Crippen LogP contribution >= 0.6 is 0 Å². The Kier molecular flexibility index (Phi) is 6.42. The predicted octanol–water partition coefficient (Wildman–Crippen LogP) is 3.99. The van der Waals surface area contributed by atoms with Gasteiger partial charge in [0.1, 0.15) is 5.75 Å². The van der Waals surface area contributed by atoms with Crippen LogP contribution in [0.1, 0.15) is 20.8 Å². The quantitative estimate of drug-likeness (QED) is 0.834. The Morgan fingerprint density at radius 3 is 2.52 bits per heavy atom. The van der Waals surface area contributed by atoms with E-state index < -0.39 is 6.10 Å². The van der Waals surface area contributed by atoms with Crippen molar-refractivity contribution in [1.29, 1.82) is 0 Å². The Morgan fingerprint density at radius 1 is 1.16 bits per heavy atom. The molecule has 0 heterocycles. The number of rotatable bonds is 6. The van der Waals surface area contributed by atoms with Crippen molar-refractivity contribution in [2.24, 2.45) is 0 Å². The average Bonchev–Trinajstić information content (AvgIpc) is 2.59. The fourth-order valence-electron chi connectivity index (χ4n) is 2.66. The summed E-state index contributed by atoms with van der Waals surface area (Å²) < 4.78 is 5.41. The molecule has 5 heteroatoms. The van der Waals surface area contributed by atoms with Crippen LogP contribution < -0.4 is 10.1 Å². The van der Waals surface area contributed by atoms with Gasteiger partial charge < -0.3 is 20.1 Å². The fourth-order valence-corrected chi connectivity index (χ4v) is 2.66. The maximum absolute atomic E-state index is 12.5. The van der Waals surface area contributed by atoms with Crippen molar-refractivity contribution in [1.82, 2.24) is 4.90 Å². The van der Waals surface area contributed by atoms with Crippen molar-refractivity contribution < 1.29 is 14.6 Å². The molecule has 1 atom stereocenters. The molecule has 0 aliphatic rings. The molecule has 0 fully saturated rings. The molecule has 0 bridgehead atoms. The van der Waals surface area contributed by atoms with Crippen LogP contribution in [-0.4, -0.2) is 41.8 Å². The van der Waals surface area contributed by atoms with Gasteiger partial charge in [-0.05, 0) is 44.5 Å². The number of aliphatic hydroxyl groups is 1. The highest BCUT2D eigenvalue weighted by Gasteiger charge is 2.19. The van der Waals surface area contributed by atoms with Gasteiger partial charge in [0.15, 0.2) is 0 Å². The summed E-state index contributed by atoms with van der Waals surface area (Å²) in [5, 5.41) is 12.5. The van der Waals surface area contributed by atoms with E-state index in [9.17, 15) is 9.90 Å². The van der Waals surface area contributed by atoms with E-state index in [2.05, 4.69) is 5.32 Å². The molecule has 134 valence electrons. The molecule has 2 aromatic rings. The van der Waals surface area contributed by atoms with Crippen LogP contribution in [0.5, 0.6) is 5.75 Å². The van der Waals surface area contributed by atoms with Crippen LogP contribution in [0.3, 0.4) is 0 Å². The minimum absolute atomic E-state index is 0.00741. The molecule has 0 aromatic heterocycles. The number of nitrogens with one attached hydrogen (secondary N) is 1. The molecule has 0 aliphatic heterocycles. The third-order valence-electron chi connectivity index (χ3n) is 3.88. The van der Waals surface area contributed by atoms with E-state index in [-0.39, 0.29) is 18.6 Å². The van der Waals surface area contributed by atoms with Gasteiger partial charge >= 0.3 is 6.03 Å². The SMILES string of the molecule is COc1ccccc1-c1cccc(NC(=O)N(CC(C)O)C(C)C)c1. The van der Waals surface area contributed by atoms with Gasteiger partial charge in [-0.1, -0.05) is 30.3 Å². The van der Waals surface area contributed by atoms with Crippen molar-refractivity contribution in [2.45, 2.75) is 32.9 Å². The van der Waals surface area contributed by atoms with E-state index in [0.29, 0.717) is 5.69 Å². The van der Waals surface area contributed by atoms with E-state index in [1.54, 1.807) is 18.9 Å². The fraction of sp³-hybridized carbons (Fsp3) is 0.350. The van der Waals surface area contributed by atoms with E-state index >= 15 is 0 Å². The second-order valence-electron chi connectivity index (χ2n) is 6.31. The molecule has 1 unspecified atom stereocenters. The summed E-state index contributed by atoms with van der Waals surface area (Å²) in [6, 6.07) is 15.2. The summed E-state index contributed by atoms with van der Waals surface area (Å²) in [5.41, 5.74) is 2.62. The number of carbonyl (C=O) groups excluding carboxylic acids is 1. The minimum atomic E-state index is -0.576. The van der Waals surface area contributed by atoms with Gasteiger partial charge in [-0.15, -0.1) is 0 Å². The Morgan fingerprint density at radius 2 is 1.88 bits per heavy atom. The van der Waals surface area contributed by atoms with E-state index in [0.717, 1.165) is 16.9 Å². The van der Waals surface area contributed by atoms with Gasteiger partial charge in [-0.2, -0.15) is 0 Å². The number of benzene rings is 2. The van der Waals surface area contributed by atoms with Crippen LogP contribution in [0.4, 0.5) is 10.5 Å². The number of para-hydroxylation sites is 1. The number of nitrogens with zero attached hydrogens (tertiary/aromatic N) is 1. The zero-order valence-corrected chi connectivity index (χ0v) is 15.2. The molecule has 0 saturated carbocycles. The summed E-state index contributed by atoms with van der Waals surface area (Å²) in [4.78, 5) is 14.2. The van der Waals surface area contributed by atoms with Gasteiger partial charge in [-0.3, -0.25) is 0 Å². The second kappa shape index (κ2) is 8.53. The molecule has 0 spiro atoms. The van der Waals surface area contributed by atoms with Gasteiger partial charge in [0.25, 0.3) is 0 Å². The molecule has 5 nitrogen and oxygen atoms in total. The molecule has 2 rings (SSSR count). The van der Waals surface area contributed by atoms with Crippen molar-refractivity contribution in [3.05, 3.63) is 48.5 Å². The number of methoxy groups -OCH3 is 1. The van der Waals surface area contributed by atoms with Gasteiger partial charge in [0, 0.05) is 23.8 Å². The van der Waals surface area contributed by atoms with Gasteiger partial charge in [0.05, 0.1) is 13.2 Å².